The lowest BCUT2D eigenvalue weighted by Gasteiger charge is -2.34. The van der Waals surface area contributed by atoms with Crippen LogP contribution in [0.2, 0.25) is 0 Å². The van der Waals surface area contributed by atoms with Crippen molar-refractivity contribution >= 4 is 10.0 Å². The zero-order chi connectivity index (χ0) is 14.3. The maximum absolute atomic E-state index is 13.1. The summed E-state index contributed by atoms with van der Waals surface area (Å²) < 4.78 is 51.5. The van der Waals surface area contributed by atoms with E-state index in [0.29, 0.717) is 18.9 Å². The van der Waals surface area contributed by atoms with Gasteiger partial charge in [-0.3, -0.25) is 0 Å². The van der Waals surface area contributed by atoms with E-state index in [9.17, 15) is 22.3 Å². The van der Waals surface area contributed by atoms with E-state index in [1.807, 2.05) is 0 Å². The molecule has 1 fully saturated rings. The van der Waals surface area contributed by atoms with Crippen molar-refractivity contribution in [2.24, 2.45) is 0 Å². The number of hydrogen-bond acceptors (Lipinski definition) is 3. The summed E-state index contributed by atoms with van der Waals surface area (Å²) in [5, 5.41) is 9.78. The SMILES string of the molecule is CC1(O)CCN(S(=O)(=O)c2ccc(F)c(F)c2)CC1. The highest BCUT2D eigenvalue weighted by molar-refractivity contribution is 7.89. The van der Waals surface area contributed by atoms with Crippen LogP contribution in [0.4, 0.5) is 8.78 Å². The van der Waals surface area contributed by atoms with Crippen LogP contribution in [-0.4, -0.2) is 36.5 Å². The minimum absolute atomic E-state index is 0.161. The van der Waals surface area contributed by atoms with Gasteiger partial charge in [0, 0.05) is 13.1 Å². The van der Waals surface area contributed by atoms with Gasteiger partial charge in [-0.15, -0.1) is 0 Å². The zero-order valence-electron chi connectivity index (χ0n) is 10.4. The molecule has 7 heteroatoms. The fraction of sp³-hybridized carbons (Fsp3) is 0.500. The highest BCUT2D eigenvalue weighted by atomic mass is 32.2. The second kappa shape index (κ2) is 4.81. The van der Waals surface area contributed by atoms with Crippen molar-refractivity contribution in [2.75, 3.05) is 13.1 Å². The Labute approximate surface area is 110 Å². The van der Waals surface area contributed by atoms with Crippen molar-refractivity contribution in [3.05, 3.63) is 29.8 Å². The van der Waals surface area contributed by atoms with Crippen molar-refractivity contribution in [3.63, 3.8) is 0 Å². The van der Waals surface area contributed by atoms with E-state index in [2.05, 4.69) is 0 Å². The first kappa shape index (κ1) is 14.4. The van der Waals surface area contributed by atoms with Crippen LogP contribution in [0, 0.1) is 11.6 Å². The second-order valence-electron chi connectivity index (χ2n) is 4.98. The number of aliphatic hydroxyl groups is 1. The molecule has 0 atom stereocenters. The number of halogens is 2. The van der Waals surface area contributed by atoms with Crippen LogP contribution in [0.3, 0.4) is 0 Å². The summed E-state index contributed by atoms with van der Waals surface area (Å²) in [4.78, 5) is -0.270. The number of rotatable bonds is 2. The van der Waals surface area contributed by atoms with Crippen molar-refractivity contribution in [1.82, 2.24) is 4.31 Å². The highest BCUT2D eigenvalue weighted by Crippen LogP contribution is 2.26. The summed E-state index contributed by atoms with van der Waals surface area (Å²) in [6.07, 6.45) is 0.631. The zero-order valence-corrected chi connectivity index (χ0v) is 11.3. The number of nitrogens with zero attached hydrogens (tertiary/aromatic N) is 1. The van der Waals surface area contributed by atoms with Crippen molar-refractivity contribution < 1.29 is 22.3 Å². The molecule has 1 aliphatic heterocycles. The second-order valence-corrected chi connectivity index (χ2v) is 6.91. The molecule has 0 amide bonds. The van der Waals surface area contributed by atoms with Crippen LogP contribution in [-0.2, 0) is 10.0 Å². The molecule has 0 aromatic heterocycles. The van der Waals surface area contributed by atoms with Gasteiger partial charge in [-0.1, -0.05) is 0 Å². The van der Waals surface area contributed by atoms with E-state index in [1.54, 1.807) is 6.92 Å². The molecule has 0 radical (unpaired) electrons. The summed E-state index contributed by atoms with van der Waals surface area (Å²) in [6.45, 7) is 1.97. The molecular weight excluding hydrogens is 276 g/mol. The molecule has 106 valence electrons. The molecule has 1 saturated heterocycles. The van der Waals surface area contributed by atoms with Crippen molar-refractivity contribution in [1.29, 1.82) is 0 Å². The molecule has 0 unspecified atom stereocenters. The van der Waals surface area contributed by atoms with Gasteiger partial charge in [0.05, 0.1) is 10.5 Å². The Morgan fingerprint density at radius 1 is 1.21 bits per heavy atom. The van der Waals surface area contributed by atoms with Crippen molar-refractivity contribution in [2.45, 2.75) is 30.3 Å². The molecule has 1 heterocycles. The lowest BCUT2D eigenvalue weighted by Crippen LogP contribution is -2.45. The van der Waals surface area contributed by atoms with E-state index in [-0.39, 0.29) is 18.0 Å². The van der Waals surface area contributed by atoms with Crippen LogP contribution in [0.15, 0.2) is 23.1 Å². The Kier molecular flexibility index (Phi) is 3.63. The van der Waals surface area contributed by atoms with Gasteiger partial charge in [0.1, 0.15) is 0 Å². The van der Waals surface area contributed by atoms with Crippen LogP contribution < -0.4 is 0 Å². The summed E-state index contributed by atoms with van der Waals surface area (Å²) in [6, 6.07) is 2.51. The van der Waals surface area contributed by atoms with Crippen LogP contribution in [0.1, 0.15) is 19.8 Å². The molecular formula is C12H15F2NO3S. The standard InChI is InChI=1S/C12H15F2NO3S/c1-12(16)4-6-15(7-5-12)19(17,18)9-2-3-10(13)11(14)8-9/h2-3,8,16H,4-7H2,1H3. The Bertz CT molecular complexity index is 577. The van der Waals surface area contributed by atoms with Gasteiger partial charge in [0.15, 0.2) is 11.6 Å². The van der Waals surface area contributed by atoms with Gasteiger partial charge in [-0.2, -0.15) is 4.31 Å². The first-order valence-corrected chi connectivity index (χ1v) is 7.34. The Morgan fingerprint density at radius 2 is 1.79 bits per heavy atom. The van der Waals surface area contributed by atoms with Gasteiger partial charge in [0.25, 0.3) is 0 Å². The third-order valence-corrected chi connectivity index (χ3v) is 5.22. The topological polar surface area (TPSA) is 57.6 Å². The molecule has 2 rings (SSSR count). The molecule has 1 N–H and O–H groups in total. The van der Waals surface area contributed by atoms with E-state index >= 15 is 0 Å². The molecule has 0 saturated carbocycles. The number of piperidine rings is 1. The quantitative estimate of drug-likeness (QED) is 0.898. The minimum atomic E-state index is -3.84. The predicted octanol–water partition coefficient (Wildman–Crippen LogP) is 1.50. The maximum Gasteiger partial charge on any atom is 0.243 e. The average molecular weight is 291 g/mol. The lowest BCUT2D eigenvalue weighted by molar-refractivity contribution is 0.0126. The van der Waals surface area contributed by atoms with E-state index in [1.165, 1.54) is 4.31 Å². The maximum atomic E-state index is 13.1. The summed E-state index contributed by atoms with van der Waals surface area (Å²) in [7, 11) is -3.84. The summed E-state index contributed by atoms with van der Waals surface area (Å²) in [5.41, 5.74) is -0.875. The van der Waals surface area contributed by atoms with Gasteiger partial charge in [0.2, 0.25) is 10.0 Å². The molecule has 0 bridgehead atoms. The number of sulfonamides is 1. The Hall–Kier alpha value is -1.05. The molecule has 1 aliphatic rings. The lowest BCUT2D eigenvalue weighted by atomic mass is 9.95. The van der Waals surface area contributed by atoms with Gasteiger partial charge < -0.3 is 5.11 Å². The first-order valence-electron chi connectivity index (χ1n) is 5.90. The normalized spacial score (nSPS) is 20.4. The monoisotopic (exact) mass is 291 g/mol. The fourth-order valence-electron chi connectivity index (χ4n) is 1.99. The van der Waals surface area contributed by atoms with E-state index in [4.69, 9.17) is 0 Å². The Balaban J connectivity index is 2.25. The van der Waals surface area contributed by atoms with Crippen LogP contribution >= 0.6 is 0 Å². The van der Waals surface area contributed by atoms with E-state index < -0.39 is 27.3 Å². The number of benzene rings is 1. The average Bonchev–Trinajstić information content (AvgIpc) is 2.32. The molecule has 1 aromatic carbocycles. The fourth-order valence-corrected chi connectivity index (χ4v) is 3.45. The van der Waals surface area contributed by atoms with Gasteiger partial charge in [-0.25, -0.2) is 17.2 Å². The van der Waals surface area contributed by atoms with Gasteiger partial charge in [-0.05, 0) is 38.0 Å². The number of hydrogen-bond donors (Lipinski definition) is 1. The summed E-state index contributed by atoms with van der Waals surface area (Å²) in [5.74, 6) is -2.27. The van der Waals surface area contributed by atoms with Crippen LogP contribution in [0.25, 0.3) is 0 Å². The molecule has 4 nitrogen and oxygen atoms in total. The Morgan fingerprint density at radius 3 is 2.32 bits per heavy atom. The largest absolute Gasteiger partial charge is 0.390 e. The highest BCUT2D eigenvalue weighted by Gasteiger charge is 2.34. The predicted molar refractivity (Wildman–Crippen MR) is 65.0 cm³/mol. The molecule has 19 heavy (non-hydrogen) atoms. The molecule has 0 spiro atoms. The van der Waals surface area contributed by atoms with Crippen molar-refractivity contribution in [3.8, 4) is 0 Å². The van der Waals surface area contributed by atoms with Crippen LogP contribution in [0.5, 0.6) is 0 Å². The minimum Gasteiger partial charge on any atom is -0.390 e. The third-order valence-electron chi connectivity index (χ3n) is 3.33. The molecule has 0 aliphatic carbocycles. The van der Waals surface area contributed by atoms with Gasteiger partial charge >= 0.3 is 0 Å². The third kappa shape index (κ3) is 2.93. The smallest absolute Gasteiger partial charge is 0.243 e. The first-order chi connectivity index (χ1) is 8.72. The molecule has 1 aromatic rings. The van der Waals surface area contributed by atoms with E-state index in [0.717, 1.165) is 12.1 Å². The summed E-state index contributed by atoms with van der Waals surface area (Å²) >= 11 is 0.